The van der Waals surface area contributed by atoms with Crippen molar-refractivity contribution in [1.82, 2.24) is 14.6 Å². The summed E-state index contributed by atoms with van der Waals surface area (Å²) in [5.41, 5.74) is 5.33. The highest BCUT2D eigenvalue weighted by molar-refractivity contribution is 7.14. The first kappa shape index (κ1) is 14.0. The molecule has 0 saturated heterocycles. The third kappa shape index (κ3) is 2.41. The van der Waals surface area contributed by atoms with Gasteiger partial charge in [-0.2, -0.15) is 9.61 Å². The molecule has 21 heavy (non-hydrogen) atoms. The quantitative estimate of drug-likeness (QED) is 0.784. The zero-order valence-electron chi connectivity index (χ0n) is 11.8. The van der Waals surface area contributed by atoms with Gasteiger partial charge in [-0.3, -0.25) is 4.79 Å². The molecule has 0 spiro atoms. The number of carbonyl (C=O) groups is 1. The van der Waals surface area contributed by atoms with Gasteiger partial charge in [-0.1, -0.05) is 29.0 Å². The zero-order valence-corrected chi connectivity index (χ0v) is 13.3. The maximum atomic E-state index is 12.5. The number of aryl methyl sites for hydroxylation is 3. The first-order valence-electron chi connectivity index (χ1n) is 6.34. The predicted molar refractivity (Wildman–Crippen MR) is 84.5 cm³/mol. The van der Waals surface area contributed by atoms with Crippen LogP contribution >= 0.6 is 22.9 Å². The molecule has 0 aliphatic heterocycles. The van der Waals surface area contributed by atoms with Crippen LogP contribution in [0.4, 0.5) is 5.69 Å². The van der Waals surface area contributed by atoms with E-state index in [9.17, 15) is 4.79 Å². The number of benzene rings is 1. The van der Waals surface area contributed by atoms with E-state index in [0.717, 1.165) is 11.1 Å². The largest absolute Gasteiger partial charge is 0.319 e. The number of halogens is 1. The van der Waals surface area contributed by atoms with Crippen LogP contribution in [0.15, 0.2) is 17.6 Å². The zero-order chi connectivity index (χ0) is 15.1. The highest BCUT2D eigenvalue weighted by Crippen LogP contribution is 2.28. The van der Waals surface area contributed by atoms with Gasteiger partial charge in [0.2, 0.25) is 4.96 Å². The fourth-order valence-corrected chi connectivity index (χ4v) is 3.33. The van der Waals surface area contributed by atoms with E-state index < -0.39 is 0 Å². The van der Waals surface area contributed by atoms with Gasteiger partial charge < -0.3 is 5.32 Å². The monoisotopic (exact) mass is 320 g/mol. The summed E-state index contributed by atoms with van der Waals surface area (Å²) in [6.07, 6.45) is 0. The van der Waals surface area contributed by atoms with Crippen LogP contribution in [0.1, 0.15) is 27.3 Å². The van der Waals surface area contributed by atoms with Gasteiger partial charge in [0.15, 0.2) is 5.69 Å². The molecule has 0 unspecified atom stereocenters. The van der Waals surface area contributed by atoms with Crippen LogP contribution in [0.3, 0.4) is 0 Å². The minimum absolute atomic E-state index is 0.264. The molecule has 0 fully saturated rings. The van der Waals surface area contributed by atoms with Crippen molar-refractivity contribution in [3.63, 3.8) is 0 Å². The molecule has 0 atom stereocenters. The fraction of sp³-hybridized carbons (Fsp3) is 0.214. The van der Waals surface area contributed by atoms with Gasteiger partial charge in [0, 0.05) is 0 Å². The Morgan fingerprint density at radius 2 is 2.10 bits per heavy atom. The minimum Gasteiger partial charge on any atom is -0.319 e. The summed E-state index contributed by atoms with van der Waals surface area (Å²) < 4.78 is 1.55. The summed E-state index contributed by atoms with van der Waals surface area (Å²) in [4.78, 5) is 17.5. The van der Waals surface area contributed by atoms with Crippen molar-refractivity contribution in [1.29, 1.82) is 0 Å². The molecular formula is C14H13ClN4OS. The van der Waals surface area contributed by atoms with Crippen molar-refractivity contribution < 1.29 is 4.79 Å². The number of carbonyl (C=O) groups excluding carboxylic acids is 1. The Bertz CT molecular complexity index is 829. The number of hydrogen-bond acceptors (Lipinski definition) is 4. The lowest BCUT2D eigenvalue weighted by atomic mass is 10.1. The molecule has 0 aliphatic carbocycles. The van der Waals surface area contributed by atoms with E-state index in [1.807, 2.05) is 26.0 Å². The smallest absolute Gasteiger partial charge is 0.276 e. The molecule has 1 amide bonds. The van der Waals surface area contributed by atoms with Gasteiger partial charge in [-0.15, -0.1) is 0 Å². The maximum absolute atomic E-state index is 12.5. The van der Waals surface area contributed by atoms with E-state index in [1.54, 1.807) is 16.9 Å². The third-order valence-corrected chi connectivity index (χ3v) is 4.18. The van der Waals surface area contributed by atoms with E-state index >= 15 is 0 Å². The number of fused-ring (bicyclic) bond motifs is 1. The van der Waals surface area contributed by atoms with Crippen LogP contribution in [0, 0.1) is 20.8 Å². The number of anilines is 1. The number of rotatable bonds is 2. The molecule has 5 nitrogen and oxygen atoms in total. The van der Waals surface area contributed by atoms with E-state index in [0.29, 0.717) is 27.1 Å². The maximum Gasteiger partial charge on any atom is 0.276 e. The second-order valence-electron chi connectivity index (χ2n) is 4.87. The second-order valence-corrected chi connectivity index (χ2v) is 6.09. The van der Waals surface area contributed by atoms with Crippen LogP contribution in [-0.2, 0) is 0 Å². The Balaban J connectivity index is 2.01. The molecule has 108 valence electrons. The average Bonchev–Trinajstić information content (AvgIpc) is 2.92. The summed E-state index contributed by atoms with van der Waals surface area (Å²) in [7, 11) is 0. The van der Waals surface area contributed by atoms with Crippen molar-refractivity contribution in [2.45, 2.75) is 20.8 Å². The van der Waals surface area contributed by atoms with Crippen LogP contribution in [-0.4, -0.2) is 20.5 Å². The van der Waals surface area contributed by atoms with Crippen LogP contribution < -0.4 is 5.32 Å². The van der Waals surface area contributed by atoms with E-state index in [-0.39, 0.29) is 5.91 Å². The summed E-state index contributed by atoms with van der Waals surface area (Å²) >= 11 is 7.62. The Morgan fingerprint density at radius 1 is 1.33 bits per heavy atom. The summed E-state index contributed by atoms with van der Waals surface area (Å²) in [5, 5.41) is 7.53. The molecule has 0 saturated carbocycles. The van der Waals surface area contributed by atoms with Gasteiger partial charge >= 0.3 is 0 Å². The van der Waals surface area contributed by atoms with Crippen molar-refractivity contribution in [2.24, 2.45) is 0 Å². The molecule has 1 aromatic carbocycles. The summed E-state index contributed by atoms with van der Waals surface area (Å²) in [6, 6.07) is 3.80. The highest BCUT2D eigenvalue weighted by Gasteiger charge is 2.20. The lowest BCUT2D eigenvalue weighted by molar-refractivity contribution is 0.101. The van der Waals surface area contributed by atoms with Crippen molar-refractivity contribution in [2.75, 3.05) is 5.32 Å². The molecule has 7 heteroatoms. The predicted octanol–water partition coefficient (Wildman–Crippen LogP) is 3.62. The summed E-state index contributed by atoms with van der Waals surface area (Å²) in [6.45, 7) is 5.67. The molecule has 2 heterocycles. The van der Waals surface area contributed by atoms with Crippen LogP contribution in [0.25, 0.3) is 4.96 Å². The number of hydrogen-bond donors (Lipinski definition) is 1. The van der Waals surface area contributed by atoms with Gasteiger partial charge in [0.25, 0.3) is 5.91 Å². The number of nitrogens with zero attached hydrogens (tertiary/aromatic N) is 3. The molecule has 0 aliphatic rings. The van der Waals surface area contributed by atoms with Crippen molar-refractivity contribution >= 4 is 39.5 Å². The SMILES string of the molecule is Cc1cc(C)c(NC(=O)c2c(C)nc3scnn23)c(Cl)c1. The number of imidazole rings is 1. The Hall–Kier alpha value is -1.92. The molecular weight excluding hydrogens is 308 g/mol. The molecule has 0 radical (unpaired) electrons. The number of nitrogens with one attached hydrogen (secondary N) is 1. The summed E-state index contributed by atoms with van der Waals surface area (Å²) in [5.74, 6) is -0.264. The molecule has 0 bridgehead atoms. The average molecular weight is 321 g/mol. The Morgan fingerprint density at radius 3 is 2.81 bits per heavy atom. The van der Waals surface area contributed by atoms with Gasteiger partial charge in [0.05, 0.1) is 16.4 Å². The number of aromatic nitrogens is 3. The van der Waals surface area contributed by atoms with Crippen molar-refractivity contribution in [3.8, 4) is 0 Å². The normalized spacial score (nSPS) is 11.0. The lowest BCUT2D eigenvalue weighted by Gasteiger charge is -2.11. The molecule has 2 aromatic heterocycles. The number of amides is 1. The van der Waals surface area contributed by atoms with Crippen molar-refractivity contribution in [3.05, 3.63) is 45.2 Å². The van der Waals surface area contributed by atoms with E-state index in [1.165, 1.54) is 11.3 Å². The minimum atomic E-state index is -0.264. The van der Waals surface area contributed by atoms with Crippen LogP contribution in [0.2, 0.25) is 5.02 Å². The first-order valence-corrected chi connectivity index (χ1v) is 7.60. The Labute approximate surface area is 130 Å². The Kier molecular flexibility index (Phi) is 3.43. The third-order valence-electron chi connectivity index (χ3n) is 3.21. The van der Waals surface area contributed by atoms with Gasteiger partial charge in [-0.05, 0) is 38.0 Å². The second kappa shape index (κ2) is 5.13. The molecule has 3 rings (SSSR count). The van der Waals surface area contributed by atoms with Gasteiger partial charge in [0.1, 0.15) is 5.51 Å². The lowest BCUT2D eigenvalue weighted by Crippen LogP contribution is -2.17. The highest BCUT2D eigenvalue weighted by atomic mass is 35.5. The van der Waals surface area contributed by atoms with E-state index in [4.69, 9.17) is 11.6 Å². The topological polar surface area (TPSA) is 59.3 Å². The first-order chi connectivity index (χ1) is 9.97. The molecule has 1 N–H and O–H groups in total. The van der Waals surface area contributed by atoms with E-state index in [2.05, 4.69) is 15.4 Å². The van der Waals surface area contributed by atoms with Crippen LogP contribution in [0.5, 0.6) is 0 Å². The van der Waals surface area contributed by atoms with Gasteiger partial charge in [-0.25, -0.2) is 4.98 Å². The standard InChI is InChI=1S/C14H13ClN4OS/c1-7-4-8(2)11(10(15)5-7)18-13(20)12-9(3)17-14-19(12)16-6-21-14/h4-6H,1-3H3,(H,18,20). The molecule has 3 aromatic rings. The fourth-order valence-electron chi connectivity index (χ4n) is 2.30.